The topological polar surface area (TPSA) is 15.3 Å². The summed E-state index contributed by atoms with van der Waals surface area (Å²) < 4.78 is 0. The van der Waals surface area contributed by atoms with Crippen molar-refractivity contribution in [2.75, 3.05) is 20.6 Å². The third-order valence-electron chi connectivity index (χ3n) is 2.85. The minimum Gasteiger partial charge on any atom is -0.317 e. The van der Waals surface area contributed by atoms with Gasteiger partial charge in [-0.05, 0) is 53.8 Å². The molecule has 0 radical (unpaired) electrons. The molecule has 0 rings (SSSR count). The first-order valence-corrected chi connectivity index (χ1v) is 5.49. The average Bonchev–Trinajstić information content (AvgIpc) is 2.12. The Bertz CT molecular complexity index is 107. The molecule has 1 atom stereocenters. The Morgan fingerprint density at radius 3 is 2.31 bits per heavy atom. The van der Waals surface area contributed by atoms with Gasteiger partial charge in [0.05, 0.1) is 0 Å². The van der Waals surface area contributed by atoms with Crippen molar-refractivity contribution in [1.82, 2.24) is 10.2 Å². The monoisotopic (exact) mass is 186 g/mol. The molecule has 2 nitrogen and oxygen atoms in total. The van der Waals surface area contributed by atoms with Crippen LogP contribution in [0.3, 0.4) is 0 Å². The molecule has 1 N–H and O–H groups in total. The fourth-order valence-corrected chi connectivity index (χ4v) is 1.40. The fourth-order valence-electron chi connectivity index (χ4n) is 1.40. The molecule has 0 fully saturated rings. The molecular weight excluding hydrogens is 160 g/mol. The molecule has 0 aromatic heterocycles. The van der Waals surface area contributed by atoms with Crippen molar-refractivity contribution in [1.29, 1.82) is 0 Å². The van der Waals surface area contributed by atoms with Gasteiger partial charge in [-0.2, -0.15) is 0 Å². The highest BCUT2D eigenvalue weighted by Gasteiger charge is 2.05. The van der Waals surface area contributed by atoms with E-state index >= 15 is 0 Å². The van der Waals surface area contributed by atoms with E-state index in [2.05, 4.69) is 45.1 Å². The molecule has 0 saturated heterocycles. The predicted molar refractivity (Wildman–Crippen MR) is 60.1 cm³/mol. The van der Waals surface area contributed by atoms with Crippen LogP contribution in [0.5, 0.6) is 0 Å². The summed E-state index contributed by atoms with van der Waals surface area (Å²) in [6, 6.07) is 1.38. The molecule has 0 aromatic rings. The van der Waals surface area contributed by atoms with E-state index in [-0.39, 0.29) is 0 Å². The first kappa shape index (κ1) is 12.9. The standard InChI is InChI=1S/C11H26N2/c1-6-11(12-4)8-7-9-13(5)10(2)3/h10-12H,6-9H2,1-5H3. The molecular formula is C11H26N2. The van der Waals surface area contributed by atoms with E-state index in [1.54, 1.807) is 0 Å². The maximum Gasteiger partial charge on any atom is 0.00619 e. The molecule has 0 aliphatic rings. The molecule has 0 aromatic carbocycles. The van der Waals surface area contributed by atoms with Gasteiger partial charge in [-0.25, -0.2) is 0 Å². The Hall–Kier alpha value is -0.0800. The molecule has 0 aliphatic carbocycles. The van der Waals surface area contributed by atoms with Crippen molar-refractivity contribution in [3.05, 3.63) is 0 Å². The zero-order chi connectivity index (χ0) is 10.3. The smallest absolute Gasteiger partial charge is 0.00619 e. The van der Waals surface area contributed by atoms with Crippen molar-refractivity contribution in [3.8, 4) is 0 Å². The van der Waals surface area contributed by atoms with Gasteiger partial charge in [-0.15, -0.1) is 0 Å². The zero-order valence-corrected chi connectivity index (χ0v) is 9.93. The van der Waals surface area contributed by atoms with Gasteiger partial charge in [0.1, 0.15) is 0 Å². The van der Waals surface area contributed by atoms with E-state index in [0.717, 1.165) is 0 Å². The molecule has 0 spiro atoms. The third kappa shape index (κ3) is 6.05. The molecule has 80 valence electrons. The quantitative estimate of drug-likeness (QED) is 0.655. The maximum absolute atomic E-state index is 3.34. The van der Waals surface area contributed by atoms with Crippen LogP contribution in [0.4, 0.5) is 0 Å². The molecule has 0 amide bonds. The highest BCUT2D eigenvalue weighted by atomic mass is 15.1. The highest BCUT2D eigenvalue weighted by molar-refractivity contribution is 4.64. The van der Waals surface area contributed by atoms with Crippen LogP contribution in [0.2, 0.25) is 0 Å². The van der Waals surface area contributed by atoms with Gasteiger partial charge >= 0.3 is 0 Å². The summed E-state index contributed by atoms with van der Waals surface area (Å²) in [4.78, 5) is 2.41. The van der Waals surface area contributed by atoms with Crippen molar-refractivity contribution in [2.24, 2.45) is 0 Å². The van der Waals surface area contributed by atoms with Crippen LogP contribution in [0, 0.1) is 0 Å². The van der Waals surface area contributed by atoms with Crippen LogP contribution in [0.25, 0.3) is 0 Å². The summed E-state index contributed by atoms with van der Waals surface area (Å²) >= 11 is 0. The Morgan fingerprint density at radius 2 is 1.92 bits per heavy atom. The molecule has 13 heavy (non-hydrogen) atoms. The molecule has 0 aliphatic heterocycles. The fraction of sp³-hybridized carbons (Fsp3) is 1.00. The van der Waals surface area contributed by atoms with Crippen molar-refractivity contribution < 1.29 is 0 Å². The second-order valence-corrected chi connectivity index (χ2v) is 4.11. The molecule has 1 unspecified atom stereocenters. The van der Waals surface area contributed by atoms with Gasteiger partial charge in [-0.1, -0.05) is 6.92 Å². The normalized spacial score (nSPS) is 14.1. The first-order chi connectivity index (χ1) is 6.11. The van der Waals surface area contributed by atoms with Gasteiger partial charge in [-0.3, -0.25) is 0 Å². The number of hydrogen-bond acceptors (Lipinski definition) is 2. The van der Waals surface area contributed by atoms with Gasteiger partial charge in [0, 0.05) is 12.1 Å². The predicted octanol–water partition coefficient (Wildman–Crippen LogP) is 2.10. The van der Waals surface area contributed by atoms with Crippen LogP contribution < -0.4 is 5.32 Å². The summed E-state index contributed by atoms with van der Waals surface area (Å²) in [6.07, 6.45) is 3.83. The van der Waals surface area contributed by atoms with E-state index in [1.165, 1.54) is 25.8 Å². The van der Waals surface area contributed by atoms with Crippen molar-refractivity contribution in [3.63, 3.8) is 0 Å². The van der Waals surface area contributed by atoms with Gasteiger partial charge in [0.2, 0.25) is 0 Å². The molecule has 0 saturated carbocycles. The number of hydrogen-bond donors (Lipinski definition) is 1. The Balaban J connectivity index is 3.43. The zero-order valence-electron chi connectivity index (χ0n) is 9.93. The summed E-state index contributed by atoms with van der Waals surface area (Å²) in [5.74, 6) is 0. The number of nitrogens with one attached hydrogen (secondary N) is 1. The van der Waals surface area contributed by atoms with Crippen LogP contribution in [0.1, 0.15) is 40.0 Å². The van der Waals surface area contributed by atoms with Crippen LogP contribution in [0.15, 0.2) is 0 Å². The summed E-state index contributed by atoms with van der Waals surface area (Å²) in [5, 5.41) is 3.34. The SMILES string of the molecule is CCC(CCCN(C)C(C)C)NC. The summed E-state index contributed by atoms with van der Waals surface area (Å²) in [6.45, 7) is 7.95. The lowest BCUT2D eigenvalue weighted by Gasteiger charge is -2.22. The number of rotatable bonds is 7. The third-order valence-corrected chi connectivity index (χ3v) is 2.85. The highest BCUT2D eigenvalue weighted by Crippen LogP contribution is 2.03. The van der Waals surface area contributed by atoms with Crippen LogP contribution in [-0.4, -0.2) is 37.6 Å². The van der Waals surface area contributed by atoms with E-state index in [0.29, 0.717) is 12.1 Å². The lowest BCUT2D eigenvalue weighted by atomic mass is 10.1. The second kappa shape index (κ2) is 7.34. The Labute approximate surface area is 83.7 Å². The Morgan fingerprint density at radius 1 is 1.31 bits per heavy atom. The lowest BCUT2D eigenvalue weighted by Crippen LogP contribution is -2.30. The summed E-state index contributed by atoms with van der Waals surface area (Å²) in [5.41, 5.74) is 0. The van der Waals surface area contributed by atoms with E-state index in [4.69, 9.17) is 0 Å². The first-order valence-electron chi connectivity index (χ1n) is 5.49. The largest absolute Gasteiger partial charge is 0.317 e. The van der Waals surface area contributed by atoms with Gasteiger partial charge < -0.3 is 10.2 Å². The van der Waals surface area contributed by atoms with E-state index < -0.39 is 0 Å². The maximum atomic E-state index is 3.34. The number of nitrogens with zero attached hydrogens (tertiary/aromatic N) is 1. The van der Waals surface area contributed by atoms with Gasteiger partial charge in [0.15, 0.2) is 0 Å². The minimum atomic E-state index is 0.676. The lowest BCUT2D eigenvalue weighted by molar-refractivity contribution is 0.263. The van der Waals surface area contributed by atoms with E-state index in [9.17, 15) is 0 Å². The average molecular weight is 186 g/mol. The minimum absolute atomic E-state index is 0.676. The van der Waals surface area contributed by atoms with E-state index in [1.807, 2.05) is 0 Å². The van der Waals surface area contributed by atoms with Gasteiger partial charge in [0.25, 0.3) is 0 Å². The second-order valence-electron chi connectivity index (χ2n) is 4.11. The summed E-state index contributed by atoms with van der Waals surface area (Å²) in [7, 11) is 4.26. The van der Waals surface area contributed by atoms with Crippen LogP contribution in [-0.2, 0) is 0 Å². The Kier molecular flexibility index (Phi) is 7.29. The molecule has 2 heteroatoms. The molecule has 0 heterocycles. The van der Waals surface area contributed by atoms with Crippen molar-refractivity contribution in [2.45, 2.75) is 52.1 Å². The van der Waals surface area contributed by atoms with Crippen LogP contribution >= 0.6 is 0 Å². The molecule has 0 bridgehead atoms. The van der Waals surface area contributed by atoms with Crippen molar-refractivity contribution >= 4 is 0 Å².